The Labute approximate surface area is 146 Å². The van der Waals surface area contributed by atoms with Gasteiger partial charge in [0, 0.05) is 24.7 Å². The van der Waals surface area contributed by atoms with Crippen molar-refractivity contribution in [2.45, 2.75) is 11.8 Å². The van der Waals surface area contributed by atoms with Crippen LogP contribution < -0.4 is 5.32 Å². The van der Waals surface area contributed by atoms with Crippen LogP contribution in [0, 0.1) is 5.82 Å². The van der Waals surface area contributed by atoms with E-state index in [2.05, 4.69) is 5.32 Å². The summed E-state index contributed by atoms with van der Waals surface area (Å²) in [4.78, 5) is 0. The molecule has 4 nitrogen and oxygen atoms in total. The molecule has 0 spiro atoms. The zero-order valence-electron chi connectivity index (χ0n) is 13.0. The first-order chi connectivity index (χ1) is 11.5. The highest BCUT2D eigenvalue weighted by Crippen LogP contribution is 2.28. The molecule has 2 aromatic rings. The number of nitrogens with one attached hydrogen (secondary N) is 1. The average Bonchev–Trinajstić information content (AvgIpc) is 2.57. The van der Waals surface area contributed by atoms with Gasteiger partial charge in [0.2, 0.25) is 10.0 Å². The maximum Gasteiger partial charge on any atom is 0.218 e. The number of halogens is 2. The second kappa shape index (κ2) is 7.19. The summed E-state index contributed by atoms with van der Waals surface area (Å²) in [5.74, 6) is -0.542. The van der Waals surface area contributed by atoms with Gasteiger partial charge in [-0.15, -0.1) is 0 Å². The van der Waals surface area contributed by atoms with E-state index in [4.69, 9.17) is 11.6 Å². The lowest BCUT2D eigenvalue weighted by Crippen LogP contribution is -2.49. The third-order valence-electron chi connectivity index (χ3n) is 4.08. The van der Waals surface area contributed by atoms with E-state index in [9.17, 15) is 12.8 Å². The van der Waals surface area contributed by atoms with Gasteiger partial charge in [-0.3, -0.25) is 0 Å². The molecule has 1 aliphatic rings. The molecule has 0 aromatic heterocycles. The lowest BCUT2D eigenvalue weighted by atomic mass is 10.1. The molecule has 24 heavy (non-hydrogen) atoms. The molecule has 0 aliphatic carbocycles. The van der Waals surface area contributed by atoms with E-state index in [1.165, 1.54) is 16.4 Å². The van der Waals surface area contributed by atoms with Crippen LogP contribution in [0.4, 0.5) is 4.39 Å². The number of benzene rings is 2. The molecule has 1 N–H and O–H groups in total. The lowest BCUT2D eigenvalue weighted by molar-refractivity contribution is 0.270. The Morgan fingerprint density at radius 1 is 1.21 bits per heavy atom. The van der Waals surface area contributed by atoms with Crippen LogP contribution >= 0.6 is 11.6 Å². The van der Waals surface area contributed by atoms with E-state index >= 15 is 0 Å². The van der Waals surface area contributed by atoms with Crippen LogP contribution in [-0.2, 0) is 15.8 Å². The molecule has 0 bridgehead atoms. The van der Waals surface area contributed by atoms with Crippen LogP contribution in [0.3, 0.4) is 0 Å². The van der Waals surface area contributed by atoms with Crippen molar-refractivity contribution < 1.29 is 12.8 Å². The fourth-order valence-corrected chi connectivity index (χ4v) is 4.96. The van der Waals surface area contributed by atoms with Gasteiger partial charge in [-0.05, 0) is 29.3 Å². The third kappa shape index (κ3) is 3.78. The molecular weight excluding hydrogens is 351 g/mol. The van der Waals surface area contributed by atoms with Crippen LogP contribution in [0.1, 0.15) is 17.2 Å². The first kappa shape index (κ1) is 17.4. The minimum absolute atomic E-state index is 0.168. The van der Waals surface area contributed by atoms with Crippen LogP contribution in [0.2, 0.25) is 5.02 Å². The van der Waals surface area contributed by atoms with Crippen molar-refractivity contribution in [3.8, 4) is 0 Å². The summed E-state index contributed by atoms with van der Waals surface area (Å²) in [6, 6.07) is 12.6. The SMILES string of the molecule is O=S(=O)(Cc1ccccc1Cl)N1CCNCC1c1cccc(F)c1. The fraction of sp³-hybridized carbons (Fsp3) is 0.294. The topological polar surface area (TPSA) is 49.4 Å². The van der Waals surface area contributed by atoms with Crippen LogP contribution in [0.15, 0.2) is 48.5 Å². The first-order valence-electron chi connectivity index (χ1n) is 7.66. The van der Waals surface area contributed by atoms with Crippen molar-refractivity contribution in [3.63, 3.8) is 0 Å². The molecule has 1 heterocycles. The Balaban J connectivity index is 1.91. The van der Waals surface area contributed by atoms with Gasteiger partial charge >= 0.3 is 0 Å². The number of nitrogens with zero attached hydrogens (tertiary/aromatic N) is 1. The van der Waals surface area contributed by atoms with E-state index in [0.29, 0.717) is 35.8 Å². The van der Waals surface area contributed by atoms with Crippen molar-refractivity contribution >= 4 is 21.6 Å². The number of hydrogen-bond donors (Lipinski definition) is 1. The molecule has 0 radical (unpaired) electrons. The molecule has 1 saturated heterocycles. The summed E-state index contributed by atoms with van der Waals surface area (Å²) >= 11 is 6.10. The summed E-state index contributed by atoms with van der Waals surface area (Å²) in [6.45, 7) is 1.35. The second-order valence-electron chi connectivity index (χ2n) is 5.73. The largest absolute Gasteiger partial charge is 0.313 e. The first-order valence-corrected chi connectivity index (χ1v) is 9.65. The van der Waals surface area contributed by atoms with Crippen molar-refractivity contribution in [2.24, 2.45) is 0 Å². The Morgan fingerprint density at radius 3 is 2.75 bits per heavy atom. The monoisotopic (exact) mass is 368 g/mol. The zero-order valence-corrected chi connectivity index (χ0v) is 14.5. The summed E-state index contributed by atoms with van der Waals surface area (Å²) in [5.41, 5.74) is 1.21. The van der Waals surface area contributed by atoms with Crippen LogP contribution in [-0.4, -0.2) is 32.4 Å². The van der Waals surface area contributed by atoms with Gasteiger partial charge < -0.3 is 5.32 Å². The van der Waals surface area contributed by atoms with Crippen molar-refractivity contribution in [1.82, 2.24) is 9.62 Å². The maximum absolute atomic E-state index is 13.5. The predicted octanol–water partition coefficient (Wildman–Crippen LogP) is 2.96. The predicted molar refractivity (Wildman–Crippen MR) is 92.8 cm³/mol. The Kier molecular flexibility index (Phi) is 5.20. The second-order valence-corrected chi connectivity index (χ2v) is 8.06. The van der Waals surface area contributed by atoms with Crippen molar-refractivity contribution in [1.29, 1.82) is 0 Å². The van der Waals surface area contributed by atoms with Gasteiger partial charge in [-0.25, -0.2) is 12.8 Å². The van der Waals surface area contributed by atoms with E-state index in [-0.39, 0.29) is 11.6 Å². The van der Waals surface area contributed by atoms with Crippen LogP contribution in [0.5, 0.6) is 0 Å². The molecule has 3 rings (SSSR count). The highest BCUT2D eigenvalue weighted by Gasteiger charge is 2.33. The molecular formula is C17H18ClFN2O2S. The summed E-state index contributed by atoms with van der Waals surface area (Å²) < 4.78 is 40.8. The number of rotatable bonds is 4. The smallest absolute Gasteiger partial charge is 0.218 e. The molecule has 1 aliphatic heterocycles. The van der Waals surface area contributed by atoms with Gasteiger partial charge in [-0.1, -0.05) is 41.9 Å². The summed E-state index contributed by atoms with van der Waals surface area (Å²) in [5, 5.41) is 3.60. The van der Waals surface area contributed by atoms with Gasteiger partial charge in [0.1, 0.15) is 5.82 Å². The van der Waals surface area contributed by atoms with E-state index < -0.39 is 16.1 Å². The highest BCUT2D eigenvalue weighted by atomic mass is 35.5. The lowest BCUT2D eigenvalue weighted by Gasteiger charge is -2.35. The zero-order chi connectivity index (χ0) is 17.2. The van der Waals surface area contributed by atoms with E-state index in [1.807, 2.05) is 0 Å². The molecule has 128 valence electrons. The van der Waals surface area contributed by atoms with Gasteiger partial charge in [0.05, 0.1) is 11.8 Å². The Bertz CT molecular complexity index is 829. The number of sulfonamides is 1. The molecule has 0 saturated carbocycles. The highest BCUT2D eigenvalue weighted by molar-refractivity contribution is 7.88. The quantitative estimate of drug-likeness (QED) is 0.902. The fourth-order valence-electron chi connectivity index (χ4n) is 2.91. The molecule has 1 unspecified atom stereocenters. The molecule has 7 heteroatoms. The summed E-state index contributed by atoms with van der Waals surface area (Å²) in [6.07, 6.45) is 0. The normalized spacial score (nSPS) is 19.3. The minimum atomic E-state index is -3.58. The van der Waals surface area contributed by atoms with E-state index in [1.54, 1.807) is 36.4 Å². The van der Waals surface area contributed by atoms with Crippen molar-refractivity contribution in [2.75, 3.05) is 19.6 Å². The standard InChI is InChI=1S/C17H18ClFN2O2S/c18-16-7-2-1-4-14(16)12-24(22,23)21-9-8-20-11-17(21)13-5-3-6-15(19)10-13/h1-7,10,17,20H,8-9,11-12H2. The van der Waals surface area contributed by atoms with E-state index in [0.717, 1.165) is 0 Å². The Morgan fingerprint density at radius 2 is 2.00 bits per heavy atom. The Hall–Kier alpha value is -1.47. The number of piperazine rings is 1. The molecule has 1 atom stereocenters. The van der Waals surface area contributed by atoms with Crippen molar-refractivity contribution in [3.05, 3.63) is 70.5 Å². The van der Waals surface area contributed by atoms with Gasteiger partial charge in [-0.2, -0.15) is 4.31 Å². The summed E-state index contributed by atoms with van der Waals surface area (Å²) in [7, 11) is -3.58. The molecule has 0 amide bonds. The minimum Gasteiger partial charge on any atom is -0.313 e. The molecule has 1 fully saturated rings. The van der Waals surface area contributed by atoms with Crippen LogP contribution in [0.25, 0.3) is 0 Å². The van der Waals surface area contributed by atoms with Gasteiger partial charge in [0.15, 0.2) is 0 Å². The number of hydrogen-bond acceptors (Lipinski definition) is 3. The van der Waals surface area contributed by atoms with Gasteiger partial charge in [0.25, 0.3) is 0 Å². The molecule has 2 aromatic carbocycles. The third-order valence-corrected chi connectivity index (χ3v) is 6.28. The maximum atomic E-state index is 13.5. The average molecular weight is 369 g/mol.